The predicted octanol–water partition coefficient (Wildman–Crippen LogP) is 1.10. The number of carbonyl (C=O) groups is 2. The molecule has 0 spiro atoms. The molecule has 1 aromatic carbocycles. The molecule has 72 valence electrons. The fraction of sp³-hybridized carbons (Fsp3) is 0.273. The summed E-state index contributed by atoms with van der Waals surface area (Å²) in [5.74, 6) is 0.101. The quantitative estimate of drug-likeness (QED) is 0.708. The SMILES string of the molecule is O=CC[C@@H]1CNC(=O)c2ccccc21. The highest BCUT2D eigenvalue weighted by molar-refractivity contribution is 5.97. The van der Waals surface area contributed by atoms with Gasteiger partial charge in [0.2, 0.25) is 0 Å². The van der Waals surface area contributed by atoms with Crippen LogP contribution in [0.1, 0.15) is 28.3 Å². The van der Waals surface area contributed by atoms with Gasteiger partial charge in [-0.1, -0.05) is 18.2 Å². The lowest BCUT2D eigenvalue weighted by atomic mass is 9.89. The van der Waals surface area contributed by atoms with Crippen molar-refractivity contribution in [3.05, 3.63) is 35.4 Å². The summed E-state index contributed by atoms with van der Waals surface area (Å²) in [4.78, 5) is 21.9. The number of hydrogen-bond donors (Lipinski definition) is 1. The van der Waals surface area contributed by atoms with Crippen LogP contribution in [0.4, 0.5) is 0 Å². The van der Waals surface area contributed by atoms with Gasteiger partial charge in [-0.15, -0.1) is 0 Å². The summed E-state index contributed by atoms with van der Waals surface area (Å²) in [5, 5.41) is 2.78. The Morgan fingerprint density at radius 3 is 3.00 bits per heavy atom. The van der Waals surface area contributed by atoms with E-state index in [-0.39, 0.29) is 11.8 Å². The highest BCUT2D eigenvalue weighted by atomic mass is 16.1. The fourth-order valence-electron chi connectivity index (χ4n) is 1.81. The van der Waals surface area contributed by atoms with Gasteiger partial charge in [0.05, 0.1) is 0 Å². The molecule has 1 atom stereocenters. The maximum Gasteiger partial charge on any atom is 0.251 e. The third kappa shape index (κ3) is 1.41. The second-order valence-corrected chi connectivity index (χ2v) is 3.40. The monoisotopic (exact) mass is 189 g/mol. The van der Waals surface area contributed by atoms with E-state index in [1.54, 1.807) is 6.07 Å². The van der Waals surface area contributed by atoms with Crippen molar-refractivity contribution >= 4 is 12.2 Å². The molecule has 0 aromatic heterocycles. The van der Waals surface area contributed by atoms with Crippen LogP contribution in [0.25, 0.3) is 0 Å². The Morgan fingerprint density at radius 1 is 1.43 bits per heavy atom. The minimum absolute atomic E-state index is 0.0391. The van der Waals surface area contributed by atoms with E-state index in [4.69, 9.17) is 0 Å². The second kappa shape index (κ2) is 3.62. The van der Waals surface area contributed by atoms with Gasteiger partial charge in [-0.05, 0) is 11.6 Å². The molecule has 3 heteroatoms. The van der Waals surface area contributed by atoms with Crippen molar-refractivity contribution in [3.8, 4) is 0 Å². The molecule has 3 nitrogen and oxygen atoms in total. The Bertz CT molecular complexity index is 373. The van der Waals surface area contributed by atoms with Gasteiger partial charge in [0.15, 0.2) is 0 Å². The molecule has 0 bridgehead atoms. The molecule has 2 rings (SSSR count). The molecule has 0 radical (unpaired) electrons. The van der Waals surface area contributed by atoms with Crippen LogP contribution < -0.4 is 5.32 Å². The molecule has 1 amide bonds. The zero-order chi connectivity index (χ0) is 9.97. The number of carbonyl (C=O) groups excluding carboxylic acids is 2. The van der Waals surface area contributed by atoms with Crippen LogP contribution in [0.2, 0.25) is 0 Å². The van der Waals surface area contributed by atoms with E-state index in [0.29, 0.717) is 18.5 Å². The molecule has 1 aliphatic rings. The molecule has 1 N–H and O–H groups in total. The summed E-state index contributed by atoms with van der Waals surface area (Å²) >= 11 is 0. The van der Waals surface area contributed by atoms with E-state index in [1.807, 2.05) is 18.2 Å². The lowest BCUT2D eigenvalue weighted by Gasteiger charge is -2.23. The van der Waals surface area contributed by atoms with E-state index >= 15 is 0 Å². The standard InChI is InChI=1S/C11H11NO2/c13-6-5-8-7-12-11(14)10-4-2-1-3-9(8)10/h1-4,6,8H,5,7H2,(H,12,14)/t8-/m1/s1. The molecule has 0 fully saturated rings. The molecule has 0 saturated carbocycles. The van der Waals surface area contributed by atoms with Crippen LogP contribution in [-0.2, 0) is 4.79 Å². The highest BCUT2D eigenvalue weighted by Crippen LogP contribution is 2.25. The van der Waals surface area contributed by atoms with Crippen LogP contribution in [0, 0.1) is 0 Å². The van der Waals surface area contributed by atoms with Crippen LogP contribution in [-0.4, -0.2) is 18.7 Å². The van der Waals surface area contributed by atoms with Crippen LogP contribution in [0.3, 0.4) is 0 Å². The largest absolute Gasteiger partial charge is 0.351 e. The fourth-order valence-corrected chi connectivity index (χ4v) is 1.81. The smallest absolute Gasteiger partial charge is 0.251 e. The van der Waals surface area contributed by atoms with Crippen LogP contribution in [0.15, 0.2) is 24.3 Å². The van der Waals surface area contributed by atoms with Gasteiger partial charge in [0, 0.05) is 24.4 Å². The lowest BCUT2D eigenvalue weighted by Crippen LogP contribution is -2.35. The Labute approximate surface area is 82.1 Å². The van der Waals surface area contributed by atoms with Crippen molar-refractivity contribution in [3.63, 3.8) is 0 Å². The summed E-state index contributed by atoms with van der Waals surface area (Å²) in [7, 11) is 0. The van der Waals surface area contributed by atoms with E-state index < -0.39 is 0 Å². The first-order chi connectivity index (χ1) is 6.83. The first-order valence-corrected chi connectivity index (χ1v) is 4.63. The molecule has 0 saturated heterocycles. The normalized spacial score (nSPS) is 19.7. The first-order valence-electron chi connectivity index (χ1n) is 4.63. The predicted molar refractivity (Wildman–Crippen MR) is 52.2 cm³/mol. The third-order valence-corrected chi connectivity index (χ3v) is 2.54. The van der Waals surface area contributed by atoms with Gasteiger partial charge >= 0.3 is 0 Å². The average molecular weight is 189 g/mol. The Kier molecular flexibility index (Phi) is 2.31. The van der Waals surface area contributed by atoms with Crippen LogP contribution in [0.5, 0.6) is 0 Å². The number of amides is 1. The molecule has 0 unspecified atom stereocenters. The molecule has 0 aliphatic carbocycles. The number of hydrogen-bond acceptors (Lipinski definition) is 2. The van der Waals surface area contributed by atoms with Crippen molar-refractivity contribution < 1.29 is 9.59 Å². The number of rotatable bonds is 2. The summed E-state index contributed by atoms with van der Waals surface area (Å²) < 4.78 is 0. The molecular weight excluding hydrogens is 178 g/mol. The minimum Gasteiger partial charge on any atom is -0.351 e. The van der Waals surface area contributed by atoms with Gasteiger partial charge in [-0.3, -0.25) is 4.79 Å². The summed E-state index contributed by atoms with van der Waals surface area (Å²) in [5.41, 5.74) is 1.69. The zero-order valence-corrected chi connectivity index (χ0v) is 7.69. The van der Waals surface area contributed by atoms with Crippen molar-refractivity contribution in [2.24, 2.45) is 0 Å². The summed E-state index contributed by atoms with van der Waals surface area (Å²) in [6, 6.07) is 7.45. The number of benzene rings is 1. The maximum atomic E-state index is 11.4. The number of aldehydes is 1. The van der Waals surface area contributed by atoms with E-state index in [9.17, 15) is 9.59 Å². The van der Waals surface area contributed by atoms with Gasteiger partial charge in [-0.25, -0.2) is 0 Å². The van der Waals surface area contributed by atoms with Crippen LogP contribution >= 0.6 is 0 Å². The first kappa shape index (κ1) is 8.94. The summed E-state index contributed by atoms with van der Waals surface area (Å²) in [6.07, 6.45) is 1.37. The number of fused-ring (bicyclic) bond motifs is 1. The van der Waals surface area contributed by atoms with Gasteiger partial charge in [0.25, 0.3) is 5.91 Å². The van der Waals surface area contributed by atoms with Crippen molar-refractivity contribution in [1.82, 2.24) is 5.32 Å². The van der Waals surface area contributed by atoms with E-state index in [0.717, 1.165) is 11.8 Å². The average Bonchev–Trinajstić information content (AvgIpc) is 2.23. The molecule has 1 heterocycles. The molecular formula is C11H11NO2. The van der Waals surface area contributed by atoms with Gasteiger partial charge < -0.3 is 10.1 Å². The minimum atomic E-state index is -0.0391. The topological polar surface area (TPSA) is 46.2 Å². The molecule has 14 heavy (non-hydrogen) atoms. The summed E-state index contributed by atoms with van der Waals surface area (Å²) in [6.45, 7) is 0.564. The lowest BCUT2D eigenvalue weighted by molar-refractivity contribution is -0.108. The van der Waals surface area contributed by atoms with Gasteiger partial charge in [-0.2, -0.15) is 0 Å². The van der Waals surface area contributed by atoms with Crippen molar-refractivity contribution in [1.29, 1.82) is 0 Å². The second-order valence-electron chi connectivity index (χ2n) is 3.40. The highest BCUT2D eigenvalue weighted by Gasteiger charge is 2.23. The maximum absolute atomic E-state index is 11.4. The Morgan fingerprint density at radius 2 is 2.21 bits per heavy atom. The van der Waals surface area contributed by atoms with Crippen molar-refractivity contribution in [2.75, 3.05) is 6.54 Å². The zero-order valence-electron chi connectivity index (χ0n) is 7.69. The van der Waals surface area contributed by atoms with E-state index in [2.05, 4.69) is 5.32 Å². The Balaban J connectivity index is 2.41. The third-order valence-electron chi connectivity index (χ3n) is 2.54. The number of nitrogens with one attached hydrogen (secondary N) is 1. The van der Waals surface area contributed by atoms with E-state index in [1.165, 1.54) is 0 Å². The Hall–Kier alpha value is -1.64. The van der Waals surface area contributed by atoms with Gasteiger partial charge in [0.1, 0.15) is 6.29 Å². The molecule has 1 aromatic rings. The molecule has 1 aliphatic heterocycles. The van der Waals surface area contributed by atoms with Crippen molar-refractivity contribution in [2.45, 2.75) is 12.3 Å².